The van der Waals surface area contributed by atoms with Crippen LogP contribution in [0.2, 0.25) is 0 Å². The predicted molar refractivity (Wildman–Crippen MR) is 70.7 cm³/mol. The van der Waals surface area contributed by atoms with Gasteiger partial charge in [-0.2, -0.15) is 0 Å². The van der Waals surface area contributed by atoms with Crippen molar-refractivity contribution in [1.82, 2.24) is 0 Å². The first-order valence-electron chi connectivity index (χ1n) is 6.23. The smallest absolute Gasteiger partial charge is 0.306 e. The summed E-state index contributed by atoms with van der Waals surface area (Å²) >= 11 is 0. The number of aliphatic carboxylic acids is 1. The van der Waals surface area contributed by atoms with E-state index in [1.54, 1.807) is 7.11 Å². The molecule has 1 atom stereocenters. The Labute approximate surface area is 108 Å². The standard InChI is InChI=1S/C14H21NO3/c1-18-13-7-5-11(6-8-13)3-2-4-12(9-10-15)14(16)17/h5-8,12H,2-4,9-10,15H2,1H3,(H,16,17). The Morgan fingerprint density at radius 3 is 2.50 bits per heavy atom. The van der Waals surface area contributed by atoms with E-state index in [1.165, 1.54) is 5.56 Å². The zero-order valence-corrected chi connectivity index (χ0v) is 10.8. The van der Waals surface area contributed by atoms with Gasteiger partial charge < -0.3 is 15.6 Å². The summed E-state index contributed by atoms with van der Waals surface area (Å²) in [6.07, 6.45) is 2.98. The van der Waals surface area contributed by atoms with E-state index < -0.39 is 5.97 Å². The number of hydrogen-bond acceptors (Lipinski definition) is 3. The van der Waals surface area contributed by atoms with Gasteiger partial charge in [0.15, 0.2) is 0 Å². The van der Waals surface area contributed by atoms with Crippen molar-refractivity contribution >= 4 is 5.97 Å². The average Bonchev–Trinajstić information content (AvgIpc) is 2.38. The summed E-state index contributed by atoms with van der Waals surface area (Å²) < 4.78 is 5.08. The van der Waals surface area contributed by atoms with E-state index in [4.69, 9.17) is 15.6 Å². The van der Waals surface area contributed by atoms with Gasteiger partial charge in [0.05, 0.1) is 13.0 Å². The van der Waals surface area contributed by atoms with Gasteiger partial charge in [0.1, 0.15) is 5.75 Å². The molecule has 4 heteroatoms. The number of benzene rings is 1. The molecule has 100 valence electrons. The summed E-state index contributed by atoms with van der Waals surface area (Å²) in [6.45, 7) is 0.430. The Hall–Kier alpha value is -1.55. The molecule has 0 aliphatic rings. The van der Waals surface area contributed by atoms with Crippen molar-refractivity contribution in [3.05, 3.63) is 29.8 Å². The van der Waals surface area contributed by atoms with Crippen molar-refractivity contribution in [1.29, 1.82) is 0 Å². The topological polar surface area (TPSA) is 72.5 Å². The van der Waals surface area contributed by atoms with Crippen LogP contribution in [0.25, 0.3) is 0 Å². The highest BCUT2D eigenvalue weighted by Gasteiger charge is 2.15. The van der Waals surface area contributed by atoms with Crippen molar-refractivity contribution < 1.29 is 14.6 Å². The SMILES string of the molecule is COc1ccc(CCCC(CCN)C(=O)O)cc1. The molecule has 18 heavy (non-hydrogen) atoms. The summed E-state index contributed by atoms with van der Waals surface area (Å²) in [7, 11) is 1.64. The van der Waals surface area contributed by atoms with Crippen LogP contribution in [0.4, 0.5) is 0 Å². The van der Waals surface area contributed by atoms with E-state index in [0.717, 1.165) is 18.6 Å². The normalized spacial score (nSPS) is 12.1. The molecule has 1 aromatic carbocycles. The lowest BCUT2D eigenvalue weighted by atomic mass is 9.97. The number of hydrogen-bond donors (Lipinski definition) is 2. The first-order valence-corrected chi connectivity index (χ1v) is 6.23. The Bertz CT molecular complexity index is 362. The fourth-order valence-electron chi connectivity index (χ4n) is 1.94. The number of carboxylic acids is 1. The van der Waals surface area contributed by atoms with Gasteiger partial charge in [-0.15, -0.1) is 0 Å². The van der Waals surface area contributed by atoms with Crippen molar-refractivity contribution in [2.45, 2.75) is 25.7 Å². The van der Waals surface area contributed by atoms with Crippen LogP contribution in [0.1, 0.15) is 24.8 Å². The molecule has 0 radical (unpaired) electrons. The maximum absolute atomic E-state index is 10.9. The Balaban J connectivity index is 2.37. The molecule has 0 aliphatic heterocycles. The van der Waals surface area contributed by atoms with Crippen molar-refractivity contribution in [2.24, 2.45) is 11.7 Å². The van der Waals surface area contributed by atoms with Crippen LogP contribution in [0.5, 0.6) is 5.75 Å². The first-order chi connectivity index (χ1) is 8.67. The van der Waals surface area contributed by atoms with Crippen molar-refractivity contribution in [2.75, 3.05) is 13.7 Å². The molecule has 0 aromatic heterocycles. The third-order valence-electron chi connectivity index (χ3n) is 3.04. The highest BCUT2D eigenvalue weighted by atomic mass is 16.5. The average molecular weight is 251 g/mol. The highest BCUT2D eigenvalue weighted by molar-refractivity contribution is 5.69. The van der Waals surface area contributed by atoms with Gasteiger partial charge in [-0.25, -0.2) is 0 Å². The van der Waals surface area contributed by atoms with Crippen LogP contribution in [0, 0.1) is 5.92 Å². The first kappa shape index (κ1) is 14.5. The second-order valence-electron chi connectivity index (χ2n) is 4.35. The summed E-state index contributed by atoms with van der Waals surface area (Å²) in [5.74, 6) is -0.214. The third kappa shape index (κ3) is 4.75. The van der Waals surface area contributed by atoms with Crippen LogP contribution >= 0.6 is 0 Å². The lowest BCUT2D eigenvalue weighted by molar-refractivity contribution is -0.142. The quantitative estimate of drug-likeness (QED) is 0.742. The van der Waals surface area contributed by atoms with Crippen LogP contribution in [0.3, 0.4) is 0 Å². The molecular weight excluding hydrogens is 230 g/mol. The van der Waals surface area contributed by atoms with Crippen LogP contribution in [0.15, 0.2) is 24.3 Å². The lowest BCUT2D eigenvalue weighted by Crippen LogP contribution is -2.18. The molecule has 0 saturated carbocycles. The van der Waals surface area contributed by atoms with Crippen molar-refractivity contribution in [3.63, 3.8) is 0 Å². The molecule has 0 aliphatic carbocycles. The molecule has 0 amide bonds. The second-order valence-corrected chi connectivity index (χ2v) is 4.35. The number of carboxylic acid groups (broad SMARTS) is 1. The maximum Gasteiger partial charge on any atom is 0.306 e. The predicted octanol–water partition coefficient (Wildman–Crippen LogP) is 2.07. The van der Waals surface area contributed by atoms with Gasteiger partial charge >= 0.3 is 5.97 Å². The molecule has 3 N–H and O–H groups in total. The minimum absolute atomic E-state index is 0.312. The second kappa shape index (κ2) is 7.71. The van der Waals surface area contributed by atoms with E-state index in [9.17, 15) is 4.79 Å². The molecule has 0 fully saturated rings. The number of aryl methyl sites for hydroxylation is 1. The molecule has 0 bridgehead atoms. The van der Waals surface area contributed by atoms with E-state index in [0.29, 0.717) is 19.4 Å². The maximum atomic E-state index is 10.9. The van der Waals surface area contributed by atoms with E-state index in [-0.39, 0.29) is 5.92 Å². The molecule has 0 saturated heterocycles. The zero-order chi connectivity index (χ0) is 13.4. The number of rotatable bonds is 8. The minimum atomic E-state index is -0.741. The summed E-state index contributed by atoms with van der Waals surface area (Å²) in [5, 5.41) is 9.00. The molecule has 0 spiro atoms. The number of carbonyl (C=O) groups is 1. The van der Waals surface area contributed by atoms with E-state index >= 15 is 0 Å². The minimum Gasteiger partial charge on any atom is -0.497 e. The number of ether oxygens (including phenoxy) is 1. The fraction of sp³-hybridized carbons (Fsp3) is 0.500. The Morgan fingerprint density at radius 2 is 2.00 bits per heavy atom. The molecule has 1 unspecified atom stereocenters. The number of methoxy groups -OCH3 is 1. The van der Waals surface area contributed by atoms with Crippen LogP contribution in [-0.4, -0.2) is 24.7 Å². The molecule has 4 nitrogen and oxygen atoms in total. The largest absolute Gasteiger partial charge is 0.497 e. The summed E-state index contributed by atoms with van der Waals surface area (Å²) in [5.41, 5.74) is 6.61. The molecule has 1 aromatic rings. The van der Waals surface area contributed by atoms with Crippen LogP contribution < -0.4 is 10.5 Å². The highest BCUT2D eigenvalue weighted by Crippen LogP contribution is 2.16. The third-order valence-corrected chi connectivity index (χ3v) is 3.04. The van der Waals surface area contributed by atoms with Gasteiger partial charge in [0.2, 0.25) is 0 Å². The van der Waals surface area contributed by atoms with Gasteiger partial charge in [-0.1, -0.05) is 12.1 Å². The fourth-order valence-corrected chi connectivity index (χ4v) is 1.94. The molecular formula is C14H21NO3. The van der Waals surface area contributed by atoms with Crippen LogP contribution in [-0.2, 0) is 11.2 Å². The molecule has 0 heterocycles. The van der Waals surface area contributed by atoms with Gasteiger partial charge in [0.25, 0.3) is 0 Å². The van der Waals surface area contributed by atoms with Crippen molar-refractivity contribution in [3.8, 4) is 5.75 Å². The molecule has 1 rings (SSSR count). The zero-order valence-electron chi connectivity index (χ0n) is 10.8. The Morgan fingerprint density at radius 1 is 1.33 bits per heavy atom. The van der Waals surface area contributed by atoms with E-state index in [1.807, 2.05) is 24.3 Å². The van der Waals surface area contributed by atoms with E-state index in [2.05, 4.69) is 0 Å². The lowest BCUT2D eigenvalue weighted by Gasteiger charge is -2.10. The van der Waals surface area contributed by atoms with Gasteiger partial charge in [-0.3, -0.25) is 4.79 Å². The monoisotopic (exact) mass is 251 g/mol. The van der Waals surface area contributed by atoms with Gasteiger partial charge in [0, 0.05) is 0 Å². The summed E-state index contributed by atoms with van der Waals surface area (Å²) in [6, 6.07) is 7.86. The van der Waals surface area contributed by atoms with Gasteiger partial charge in [-0.05, 0) is 49.9 Å². The number of nitrogens with two attached hydrogens (primary N) is 1. The summed E-state index contributed by atoms with van der Waals surface area (Å²) in [4.78, 5) is 10.9. The Kier molecular flexibility index (Phi) is 6.22.